The molecule has 4 atom stereocenters. The molecular formula is C21H24F3N3O10S2. The number of carbonyl (C=O) groups excluding carboxylic acids is 4. The van der Waals surface area contributed by atoms with E-state index in [9.17, 15) is 45.3 Å². The van der Waals surface area contributed by atoms with Crippen molar-refractivity contribution in [2.24, 2.45) is 5.41 Å². The lowest BCUT2D eigenvalue weighted by molar-refractivity contribution is -0.185. The number of para-hydroxylation sites is 1. The molecule has 13 nitrogen and oxygen atoms in total. The van der Waals surface area contributed by atoms with Crippen molar-refractivity contribution in [1.29, 1.82) is 0 Å². The number of fused-ring (bicyclic) bond motifs is 1. The summed E-state index contributed by atoms with van der Waals surface area (Å²) >= 11 is -2.51. The monoisotopic (exact) mass is 599 g/mol. The van der Waals surface area contributed by atoms with Gasteiger partial charge in [0.25, 0.3) is 11.8 Å². The van der Waals surface area contributed by atoms with Crippen molar-refractivity contribution >= 4 is 45.0 Å². The maximum absolute atomic E-state index is 13.4. The van der Waals surface area contributed by atoms with Gasteiger partial charge in [0, 0.05) is 0 Å². The quantitative estimate of drug-likeness (QED) is 0.186. The normalized spacial score (nSPS) is 23.8. The average Bonchev–Trinajstić information content (AvgIpc) is 2.84. The second-order valence-electron chi connectivity index (χ2n) is 9.27. The van der Waals surface area contributed by atoms with Gasteiger partial charge in [0.2, 0.25) is 18.3 Å². The van der Waals surface area contributed by atoms with Crippen LogP contribution >= 0.6 is 0 Å². The largest absolute Gasteiger partial charge is 0.614 e. The lowest BCUT2D eigenvalue weighted by Crippen LogP contribution is -2.82. The lowest BCUT2D eigenvalue weighted by Gasteiger charge is -2.53. The van der Waals surface area contributed by atoms with Gasteiger partial charge < -0.3 is 24.1 Å². The van der Waals surface area contributed by atoms with Crippen molar-refractivity contribution in [3.63, 3.8) is 0 Å². The number of nitrogens with one attached hydrogen (secondary N) is 1. The summed E-state index contributed by atoms with van der Waals surface area (Å²) in [5.41, 5.74) is -6.95. The van der Waals surface area contributed by atoms with E-state index in [4.69, 9.17) is 9.47 Å². The van der Waals surface area contributed by atoms with E-state index >= 15 is 0 Å². The molecule has 0 spiro atoms. The summed E-state index contributed by atoms with van der Waals surface area (Å²) < 4.78 is 91.4. The van der Waals surface area contributed by atoms with Crippen LogP contribution in [0, 0.1) is 5.41 Å². The number of benzene rings is 1. The molecule has 0 radical (unpaired) electrons. The Morgan fingerprint density at radius 1 is 1.13 bits per heavy atom. The summed E-state index contributed by atoms with van der Waals surface area (Å²) in [5, 5.41) is 0.662. The van der Waals surface area contributed by atoms with Gasteiger partial charge >= 0.3 is 27.5 Å². The predicted octanol–water partition coefficient (Wildman–Crippen LogP) is 0.00600. The van der Waals surface area contributed by atoms with Crippen LogP contribution in [0.15, 0.2) is 30.3 Å². The van der Waals surface area contributed by atoms with Crippen LogP contribution in [0.4, 0.5) is 13.2 Å². The molecule has 2 saturated heterocycles. The lowest BCUT2D eigenvalue weighted by atomic mass is 9.98. The number of esters is 2. The zero-order chi connectivity index (χ0) is 29.3. The molecule has 2 aliphatic heterocycles. The molecule has 2 aliphatic rings. The van der Waals surface area contributed by atoms with Crippen LogP contribution in [0.2, 0.25) is 0 Å². The minimum Gasteiger partial charge on any atom is -0.614 e. The van der Waals surface area contributed by atoms with Crippen molar-refractivity contribution in [3.05, 3.63) is 30.3 Å². The van der Waals surface area contributed by atoms with Crippen LogP contribution in [-0.4, -0.2) is 88.3 Å². The van der Waals surface area contributed by atoms with Gasteiger partial charge in [-0.3, -0.25) is 19.3 Å². The van der Waals surface area contributed by atoms with Gasteiger partial charge in [-0.2, -0.15) is 13.2 Å². The highest BCUT2D eigenvalue weighted by molar-refractivity contribution is 7.94. The first-order valence-corrected chi connectivity index (χ1v) is 13.9. The van der Waals surface area contributed by atoms with Crippen molar-refractivity contribution in [1.82, 2.24) is 14.5 Å². The van der Waals surface area contributed by atoms with E-state index in [1.807, 2.05) is 0 Å². The highest BCUT2D eigenvalue weighted by Gasteiger charge is 2.68. The fourth-order valence-electron chi connectivity index (χ4n) is 3.45. The topological polar surface area (TPSA) is 172 Å². The van der Waals surface area contributed by atoms with Crippen LogP contribution in [0.5, 0.6) is 5.75 Å². The van der Waals surface area contributed by atoms with E-state index in [0.717, 1.165) is 0 Å². The third-order valence-electron chi connectivity index (χ3n) is 5.39. The zero-order valence-corrected chi connectivity index (χ0v) is 22.3. The molecule has 1 N–H and O–H groups in total. The molecule has 2 amide bonds. The molecule has 216 valence electrons. The standard InChI is InChI=1S/C21H24F3N3O10S2/c1-20(2,3)19(31)37-11-36-18(30)15-26(39(33,34)21(22,23)24)10-38(32)17-14(16(29)27(15)17)25-13(28)9-35-12-7-5-4-6-8-12/h4-8,14-15,17H,9-11H2,1-3H3,(H,25,28). The Morgan fingerprint density at radius 2 is 1.74 bits per heavy atom. The van der Waals surface area contributed by atoms with Gasteiger partial charge in [0.05, 0.1) is 5.41 Å². The van der Waals surface area contributed by atoms with E-state index in [1.165, 1.54) is 20.8 Å². The van der Waals surface area contributed by atoms with Gasteiger partial charge in [0.15, 0.2) is 18.5 Å². The predicted molar refractivity (Wildman–Crippen MR) is 125 cm³/mol. The smallest absolute Gasteiger partial charge is 0.511 e. The molecule has 18 heteroatoms. The van der Waals surface area contributed by atoms with Crippen LogP contribution in [0.1, 0.15) is 20.8 Å². The fraction of sp³-hybridized carbons (Fsp3) is 0.524. The van der Waals surface area contributed by atoms with Crippen LogP contribution in [0.25, 0.3) is 0 Å². The van der Waals surface area contributed by atoms with Crippen molar-refractivity contribution in [2.75, 3.05) is 19.3 Å². The van der Waals surface area contributed by atoms with Crippen molar-refractivity contribution in [3.8, 4) is 5.75 Å². The van der Waals surface area contributed by atoms with Gasteiger partial charge in [-0.05, 0) is 44.1 Å². The maximum Gasteiger partial charge on any atom is 0.511 e. The number of hydrogen-bond donors (Lipinski definition) is 1. The first-order valence-electron chi connectivity index (χ1n) is 11.1. The molecule has 1 aromatic carbocycles. The fourth-order valence-corrected chi connectivity index (χ4v) is 6.53. The van der Waals surface area contributed by atoms with E-state index in [1.54, 1.807) is 30.3 Å². The molecule has 0 saturated carbocycles. The number of rotatable bonds is 8. The maximum atomic E-state index is 13.4. The number of amides is 2. The van der Waals surface area contributed by atoms with Crippen LogP contribution < -0.4 is 10.1 Å². The van der Waals surface area contributed by atoms with Gasteiger partial charge in [-0.25, -0.2) is 13.2 Å². The molecule has 39 heavy (non-hydrogen) atoms. The molecule has 0 aromatic heterocycles. The van der Waals surface area contributed by atoms with E-state index in [2.05, 4.69) is 10.1 Å². The Hall–Kier alpha value is -3.09. The molecule has 3 rings (SSSR count). The highest BCUT2D eigenvalue weighted by atomic mass is 32.2. The molecule has 2 heterocycles. The number of alkyl halides is 3. The number of ether oxygens (including phenoxy) is 3. The van der Waals surface area contributed by atoms with Crippen molar-refractivity contribution < 1.29 is 59.5 Å². The number of carbonyl (C=O) groups is 4. The number of halogens is 3. The minimum atomic E-state index is -6.29. The summed E-state index contributed by atoms with van der Waals surface area (Å²) in [6.07, 6.45) is -2.53. The second kappa shape index (κ2) is 11.2. The highest BCUT2D eigenvalue weighted by Crippen LogP contribution is 2.39. The number of nitrogens with zero attached hydrogens (tertiary/aromatic N) is 2. The Morgan fingerprint density at radius 3 is 2.31 bits per heavy atom. The van der Waals surface area contributed by atoms with Crippen molar-refractivity contribution in [2.45, 2.75) is 43.9 Å². The van der Waals surface area contributed by atoms with E-state index < -0.39 is 97.0 Å². The summed E-state index contributed by atoms with van der Waals surface area (Å²) in [4.78, 5) is 50.1. The molecule has 1 aromatic rings. The minimum absolute atomic E-state index is 0.318. The van der Waals surface area contributed by atoms with Gasteiger partial charge in [-0.15, -0.1) is 4.31 Å². The second-order valence-corrected chi connectivity index (χ2v) is 12.7. The molecule has 4 unspecified atom stereocenters. The summed E-state index contributed by atoms with van der Waals surface area (Å²) in [5.74, 6) is -5.62. The van der Waals surface area contributed by atoms with E-state index in [0.29, 0.717) is 10.6 Å². The number of β-lactam (4-membered cyclic amide) rings is 1. The zero-order valence-electron chi connectivity index (χ0n) is 20.7. The number of sulfonamides is 1. The first-order chi connectivity index (χ1) is 18.0. The summed E-state index contributed by atoms with van der Waals surface area (Å²) in [6.45, 7) is 2.72. The third kappa shape index (κ3) is 6.39. The Balaban J connectivity index is 1.78. The molecule has 0 aliphatic carbocycles. The average molecular weight is 600 g/mol. The van der Waals surface area contributed by atoms with E-state index in [-0.39, 0.29) is 0 Å². The third-order valence-corrected chi connectivity index (χ3v) is 8.65. The van der Waals surface area contributed by atoms with Crippen LogP contribution in [-0.2, 0) is 49.9 Å². The Labute approximate surface area is 223 Å². The Kier molecular flexibility index (Phi) is 8.73. The summed E-state index contributed by atoms with van der Waals surface area (Å²) in [7, 11) is -6.29. The van der Waals surface area contributed by atoms with Gasteiger partial charge in [0.1, 0.15) is 5.75 Å². The summed E-state index contributed by atoms with van der Waals surface area (Å²) in [6, 6.07) is 6.51. The SMILES string of the molecule is CC(C)(C)C(=O)OCOC(=O)C1N2C(=O)C(NC(=O)COc3ccccc3)C2[S+]([O-])CN1S(=O)(=O)C(F)(F)F. The first kappa shape index (κ1) is 30.5. The van der Waals surface area contributed by atoms with Crippen LogP contribution in [0.3, 0.4) is 0 Å². The molecule has 2 fully saturated rings. The number of hydrogen-bond acceptors (Lipinski definition) is 10. The molecule has 0 bridgehead atoms. The molecular weight excluding hydrogens is 575 g/mol. The van der Waals surface area contributed by atoms with Gasteiger partial charge in [-0.1, -0.05) is 18.2 Å². The Bertz CT molecular complexity index is 1220.